The van der Waals surface area contributed by atoms with E-state index in [0.717, 1.165) is 35.8 Å². The molecule has 1 aromatic rings. The average Bonchev–Trinajstić information content (AvgIpc) is 2.77. The molecule has 20 heavy (non-hydrogen) atoms. The number of nitrogens with zero attached hydrogens (tertiary/aromatic N) is 1. The molecule has 2 N–H and O–H groups in total. The van der Waals surface area contributed by atoms with Crippen molar-refractivity contribution in [1.29, 1.82) is 0 Å². The zero-order valence-corrected chi connectivity index (χ0v) is 12.6. The van der Waals surface area contributed by atoms with Crippen LogP contribution in [0.25, 0.3) is 0 Å². The van der Waals surface area contributed by atoms with E-state index in [9.17, 15) is 4.79 Å². The summed E-state index contributed by atoms with van der Waals surface area (Å²) in [6.07, 6.45) is 5.66. The summed E-state index contributed by atoms with van der Waals surface area (Å²) in [4.78, 5) is 15.2. The molecule has 108 valence electrons. The molecule has 5 nitrogen and oxygen atoms in total. The first-order valence-electron chi connectivity index (χ1n) is 6.81. The number of nitrogens with one attached hydrogen (secondary N) is 1. The Morgan fingerprint density at radius 3 is 2.70 bits per heavy atom. The fourth-order valence-corrected chi connectivity index (χ4v) is 3.62. The zero-order valence-electron chi connectivity index (χ0n) is 11.0. The molecule has 2 aliphatic rings. The fraction of sp³-hybridized carbons (Fsp3) is 0.571. The summed E-state index contributed by atoms with van der Waals surface area (Å²) in [5.74, 6) is -0.930. The number of halogens is 1. The SMILES string of the molecule is O=C(O)COC1(c2ccc(Br)nc2)CC2CCC(C1)N2. The molecule has 0 aromatic carbocycles. The molecular weight excluding hydrogens is 324 g/mol. The lowest BCUT2D eigenvalue weighted by atomic mass is 9.82. The van der Waals surface area contributed by atoms with Crippen LogP contribution in [0.15, 0.2) is 22.9 Å². The van der Waals surface area contributed by atoms with E-state index in [1.165, 1.54) is 0 Å². The molecular formula is C14H17BrN2O3. The Kier molecular flexibility index (Phi) is 3.79. The number of aromatic nitrogens is 1. The second-order valence-electron chi connectivity index (χ2n) is 5.59. The van der Waals surface area contributed by atoms with Crippen LogP contribution in [-0.4, -0.2) is 34.8 Å². The summed E-state index contributed by atoms with van der Waals surface area (Å²) in [5.41, 5.74) is 0.448. The zero-order chi connectivity index (χ0) is 14.2. The van der Waals surface area contributed by atoms with Crippen LogP contribution in [0.1, 0.15) is 31.2 Å². The van der Waals surface area contributed by atoms with Gasteiger partial charge in [-0.05, 0) is 47.7 Å². The van der Waals surface area contributed by atoms with Crippen molar-refractivity contribution in [1.82, 2.24) is 10.3 Å². The van der Waals surface area contributed by atoms with E-state index < -0.39 is 11.6 Å². The third kappa shape index (κ3) is 2.73. The lowest BCUT2D eigenvalue weighted by Crippen LogP contribution is -2.48. The van der Waals surface area contributed by atoms with Gasteiger partial charge in [-0.1, -0.05) is 6.07 Å². The van der Waals surface area contributed by atoms with E-state index in [1.807, 2.05) is 12.1 Å². The number of piperidine rings is 1. The van der Waals surface area contributed by atoms with Gasteiger partial charge in [-0.25, -0.2) is 9.78 Å². The van der Waals surface area contributed by atoms with Gasteiger partial charge in [-0.3, -0.25) is 0 Å². The van der Waals surface area contributed by atoms with Crippen molar-refractivity contribution in [3.63, 3.8) is 0 Å². The van der Waals surface area contributed by atoms with Gasteiger partial charge in [0.1, 0.15) is 11.2 Å². The minimum absolute atomic E-state index is 0.268. The topological polar surface area (TPSA) is 71.5 Å². The Morgan fingerprint density at radius 1 is 1.45 bits per heavy atom. The summed E-state index contributed by atoms with van der Waals surface area (Å²) in [7, 11) is 0. The first kappa shape index (κ1) is 14.0. The predicted octanol–water partition coefficient (Wildman–Crippen LogP) is 2.06. The van der Waals surface area contributed by atoms with E-state index in [1.54, 1.807) is 6.20 Å². The van der Waals surface area contributed by atoms with Crippen LogP contribution in [0.3, 0.4) is 0 Å². The number of hydrogen-bond acceptors (Lipinski definition) is 4. The summed E-state index contributed by atoms with van der Waals surface area (Å²) in [5, 5.41) is 12.5. The van der Waals surface area contributed by atoms with Crippen molar-refractivity contribution >= 4 is 21.9 Å². The molecule has 0 radical (unpaired) electrons. The number of carbonyl (C=O) groups is 1. The molecule has 0 spiro atoms. The highest BCUT2D eigenvalue weighted by molar-refractivity contribution is 9.10. The van der Waals surface area contributed by atoms with Gasteiger partial charge in [0.05, 0.1) is 5.60 Å². The second kappa shape index (κ2) is 5.42. The molecule has 3 rings (SSSR count). The lowest BCUT2D eigenvalue weighted by Gasteiger charge is -2.41. The van der Waals surface area contributed by atoms with Crippen molar-refractivity contribution in [3.05, 3.63) is 28.5 Å². The minimum Gasteiger partial charge on any atom is -0.480 e. The maximum atomic E-state index is 10.9. The maximum Gasteiger partial charge on any atom is 0.329 e. The molecule has 2 aliphatic heterocycles. The summed E-state index contributed by atoms with van der Waals surface area (Å²) in [6.45, 7) is -0.268. The quantitative estimate of drug-likeness (QED) is 0.821. The van der Waals surface area contributed by atoms with Gasteiger partial charge >= 0.3 is 5.97 Å². The first-order valence-corrected chi connectivity index (χ1v) is 7.60. The molecule has 0 aliphatic carbocycles. The third-order valence-electron chi connectivity index (χ3n) is 4.21. The Morgan fingerprint density at radius 2 is 2.15 bits per heavy atom. The van der Waals surface area contributed by atoms with Gasteiger partial charge in [-0.15, -0.1) is 0 Å². The molecule has 2 saturated heterocycles. The standard InChI is InChI=1S/C14H17BrN2O3/c15-12-4-1-9(7-16-12)14(20-8-13(18)19)5-10-2-3-11(6-14)17-10/h1,4,7,10-11,17H,2-3,5-6,8H2,(H,18,19). The van der Waals surface area contributed by atoms with E-state index in [4.69, 9.17) is 9.84 Å². The molecule has 3 heterocycles. The third-order valence-corrected chi connectivity index (χ3v) is 4.68. The van der Waals surface area contributed by atoms with E-state index in [-0.39, 0.29) is 6.61 Å². The maximum absolute atomic E-state index is 10.9. The Balaban J connectivity index is 1.90. The van der Waals surface area contributed by atoms with Crippen molar-refractivity contribution < 1.29 is 14.6 Å². The van der Waals surface area contributed by atoms with Crippen molar-refractivity contribution in [2.45, 2.75) is 43.4 Å². The minimum atomic E-state index is -0.930. The van der Waals surface area contributed by atoms with E-state index in [2.05, 4.69) is 26.2 Å². The van der Waals surface area contributed by atoms with Gasteiger partial charge in [0.15, 0.2) is 0 Å². The smallest absolute Gasteiger partial charge is 0.329 e. The lowest BCUT2D eigenvalue weighted by molar-refractivity contribution is -0.154. The average molecular weight is 341 g/mol. The molecule has 2 fully saturated rings. The number of hydrogen-bond donors (Lipinski definition) is 2. The monoisotopic (exact) mass is 340 g/mol. The van der Waals surface area contributed by atoms with Crippen LogP contribution < -0.4 is 5.32 Å². The highest BCUT2D eigenvalue weighted by Gasteiger charge is 2.46. The van der Waals surface area contributed by atoms with E-state index in [0.29, 0.717) is 12.1 Å². The highest BCUT2D eigenvalue weighted by atomic mass is 79.9. The Hall–Kier alpha value is -0.980. The number of carboxylic acids is 1. The number of pyridine rings is 1. The van der Waals surface area contributed by atoms with Gasteiger partial charge in [-0.2, -0.15) is 0 Å². The normalized spacial score (nSPS) is 32.2. The second-order valence-corrected chi connectivity index (χ2v) is 6.40. The fourth-order valence-electron chi connectivity index (χ4n) is 3.39. The van der Waals surface area contributed by atoms with Crippen LogP contribution in [0.4, 0.5) is 0 Å². The molecule has 1 aromatic heterocycles. The molecule has 6 heteroatoms. The van der Waals surface area contributed by atoms with Crippen LogP contribution in [0.2, 0.25) is 0 Å². The summed E-state index contributed by atoms with van der Waals surface area (Å²) >= 11 is 3.33. The Labute approximate surface area is 125 Å². The number of carboxylic acid groups (broad SMARTS) is 1. The number of fused-ring (bicyclic) bond motifs is 2. The van der Waals surface area contributed by atoms with Gasteiger partial charge < -0.3 is 15.2 Å². The van der Waals surface area contributed by atoms with Gasteiger partial charge in [0.25, 0.3) is 0 Å². The molecule has 2 atom stereocenters. The first-order chi connectivity index (χ1) is 9.57. The molecule has 0 saturated carbocycles. The summed E-state index contributed by atoms with van der Waals surface area (Å²) in [6, 6.07) is 4.67. The predicted molar refractivity (Wildman–Crippen MR) is 76.4 cm³/mol. The number of ether oxygens (including phenoxy) is 1. The highest BCUT2D eigenvalue weighted by Crippen LogP contribution is 2.43. The largest absolute Gasteiger partial charge is 0.480 e. The van der Waals surface area contributed by atoms with Crippen LogP contribution in [-0.2, 0) is 15.1 Å². The molecule has 2 bridgehead atoms. The van der Waals surface area contributed by atoms with Crippen LogP contribution >= 0.6 is 15.9 Å². The van der Waals surface area contributed by atoms with Crippen molar-refractivity contribution in [2.75, 3.05) is 6.61 Å². The van der Waals surface area contributed by atoms with E-state index >= 15 is 0 Å². The van der Waals surface area contributed by atoms with Crippen LogP contribution in [0.5, 0.6) is 0 Å². The Bertz CT molecular complexity index is 494. The van der Waals surface area contributed by atoms with Gasteiger partial charge in [0.2, 0.25) is 0 Å². The summed E-state index contributed by atoms with van der Waals surface area (Å²) < 4.78 is 6.61. The van der Waals surface area contributed by atoms with Gasteiger partial charge in [0, 0.05) is 23.8 Å². The van der Waals surface area contributed by atoms with Crippen molar-refractivity contribution in [3.8, 4) is 0 Å². The van der Waals surface area contributed by atoms with Crippen LogP contribution in [0, 0.1) is 0 Å². The molecule has 2 unspecified atom stereocenters. The number of rotatable bonds is 4. The number of aliphatic carboxylic acids is 1. The van der Waals surface area contributed by atoms with Crippen molar-refractivity contribution in [2.24, 2.45) is 0 Å². The molecule has 0 amide bonds.